The summed E-state index contributed by atoms with van der Waals surface area (Å²) in [4.78, 5) is 11.8. The zero-order valence-corrected chi connectivity index (χ0v) is 13.3. The Morgan fingerprint density at radius 3 is 2.62 bits per heavy atom. The van der Waals surface area contributed by atoms with E-state index in [0.29, 0.717) is 12.5 Å². The summed E-state index contributed by atoms with van der Waals surface area (Å²) < 4.78 is 12.2. The van der Waals surface area contributed by atoms with Crippen LogP contribution in [0.25, 0.3) is 0 Å². The van der Waals surface area contributed by atoms with Crippen molar-refractivity contribution in [3.8, 4) is 0 Å². The van der Waals surface area contributed by atoms with Gasteiger partial charge in [-0.3, -0.25) is 0 Å². The van der Waals surface area contributed by atoms with E-state index in [2.05, 4.69) is 29.7 Å². The van der Waals surface area contributed by atoms with Crippen LogP contribution < -0.4 is 7.06 Å². The second-order valence-electron chi connectivity index (χ2n) is 4.68. The minimum atomic E-state index is -0.994. The van der Waals surface area contributed by atoms with Crippen molar-refractivity contribution < 1.29 is 9.53 Å². The van der Waals surface area contributed by atoms with Crippen LogP contribution in [-0.2, 0) is 9.53 Å². The van der Waals surface area contributed by atoms with Gasteiger partial charge in [0.15, 0.2) is 0 Å². The molecule has 3 rings (SSSR count). The molecule has 3 fully saturated rings. The van der Waals surface area contributed by atoms with Crippen LogP contribution in [0.1, 0.15) is 32.1 Å². The summed E-state index contributed by atoms with van der Waals surface area (Å²) in [6.45, 7) is 0.641. The van der Waals surface area contributed by atoms with E-state index in [1.54, 1.807) is 0 Å². The quantitative estimate of drug-likeness (QED) is 0.172. The van der Waals surface area contributed by atoms with Crippen molar-refractivity contribution in [2.45, 2.75) is 39.7 Å². The van der Waals surface area contributed by atoms with Crippen molar-refractivity contribution in [1.29, 1.82) is 0 Å². The molecule has 1 aliphatic carbocycles. The molecule has 3 aliphatic rings. The van der Waals surface area contributed by atoms with E-state index >= 15 is 0 Å². The predicted molar refractivity (Wildman–Crippen MR) is 78.4 cm³/mol. The van der Waals surface area contributed by atoms with Gasteiger partial charge in [0.2, 0.25) is 0 Å². The van der Waals surface area contributed by atoms with Crippen LogP contribution >= 0.6 is 43.0 Å². The van der Waals surface area contributed by atoms with Crippen LogP contribution in [0, 0.1) is 5.92 Å². The molecule has 0 amide bonds. The summed E-state index contributed by atoms with van der Waals surface area (Å²) in [5.41, 5.74) is 0. The number of fused-ring (bicyclic) bond motifs is 1. The Kier molecular flexibility index (Phi) is 3.36. The third-order valence-corrected chi connectivity index (χ3v) is 10.6. The maximum atomic E-state index is 11.8. The molecule has 2 heterocycles. The number of hydrogen-bond donors (Lipinski definition) is 2. The average Bonchev–Trinajstić information content (AvgIpc) is 3.15. The fraction of sp³-hybridized carbons (Fsp3) is 0.900. The topological polar surface area (TPSA) is 70.2 Å². The van der Waals surface area contributed by atoms with Gasteiger partial charge in [0.25, 0.3) is 0 Å². The first-order valence-corrected chi connectivity index (χ1v) is 10.3. The molecule has 1 atom stereocenters. The van der Waals surface area contributed by atoms with Gasteiger partial charge in [-0.05, 0) is 0 Å². The molecule has 0 spiro atoms. The number of hydrogen-bond acceptors (Lipinski definition) is 4. The first-order valence-electron chi connectivity index (χ1n) is 5.78. The number of esters is 1. The first-order chi connectivity index (χ1) is 7.72. The van der Waals surface area contributed by atoms with Crippen molar-refractivity contribution >= 4 is 48.9 Å². The summed E-state index contributed by atoms with van der Waals surface area (Å²) in [7, 11) is 0. The third-order valence-electron chi connectivity index (χ3n) is 3.43. The molecule has 1 unspecified atom stereocenters. The molecular formula is C10H16I2N2O2. The second kappa shape index (κ2) is 4.51. The molecule has 6 heteroatoms. The van der Waals surface area contributed by atoms with E-state index in [9.17, 15) is 4.79 Å². The molecule has 0 aromatic heterocycles. The number of alkyl halides is 2. The molecule has 2 aliphatic heterocycles. The normalized spacial score (nSPS) is 30.4. The van der Waals surface area contributed by atoms with Crippen LogP contribution in [0.15, 0.2) is 0 Å². The Bertz CT molecular complexity index is 301. The maximum absolute atomic E-state index is 11.8. The van der Waals surface area contributed by atoms with Gasteiger partial charge in [-0.15, -0.1) is 0 Å². The fourth-order valence-electron chi connectivity index (χ4n) is 2.22. The van der Waals surface area contributed by atoms with Crippen molar-refractivity contribution in [1.82, 2.24) is 7.06 Å². The SMILES string of the molecule is O=C(OCC1CCCCC1)C(I)C12NI1N2. The summed E-state index contributed by atoms with van der Waals surface area (Å²) in [6, 6.07) is 0. The van der Waals surface area contributed by atoms with Gasteiger partial charge in [-0.2, -0.15) is 0 Å². The van der Waals surface area contributed by atoms with Crippen LogP contribution in [0.3, 0.4) is 0 Å². The van der Waals surface area contributed by atoms with Gasteiger partial charge >= 0.3 is 118 Å². The van der Waals surface area contributed by atoms with Crippen LogP contribution in [0.5, 0.6) is 0 Å². The zero-order valence-electron chi connectivity index (χ0n) is 8.97. The van der Waals surface area contributed by atoms with E-state index < -0.39 is 20.4 Å². The average molecular weight is 450 g/mol. The molecule has 1 saturated carbocycles. The van der Waals surface area contributed by atoms with Crippen molar-refractivity contribution in [3.05, 3.63) is 0 Å². The zero-order chi connectivity index (χ0) is 11.2. The van der Waals surface area contributed by atoms with Crippen molar-refractivity contribution in [2.24, 2.45) is 5.92 Å². The number of carbonyl (C=O) groups excluding carboxylic acids is 1. The monoisotopic (exact) mass is 450 g/mol. The summed E-state index contributed by atoms with van der Waals surface area (Å²) in [5.74, 6) is 0.594. The number of carbonyl (C=O) groups is 1. The molecule has 16 heavy (non-hydrogen) atoms. The Morgan fingerprint density at radius 2 is 2.06 bits per heavy atom. The minimum absolute atomic E-state index is 0.0149. The third kappa shape index (κ3) is 2.22. The van der Waals surface area contributed by atoms with Gasteiger partial charge in [0.05, 0.1) is 0 Å². The van der Waals surface area contributed by atoms with Crippen LogP contribution in [0.4, 0.5) is 0 Å². The molecule has 2 saturated heterocycles. The van der Waals surface area contributed by atoms with E-state index in [0.717, 1.165) is 0 Å². The number of ether oxygens (including phenoxy) is 1. The molecule has 0 radical (unpaired) electrons. The van der Waals surface area contributed by atoms with E-state index in [1.807, 2.05) is 0 Å². The van der Waals surface area contributed by atoms with Crippen LogP contribution in [-0.4, -0.2) is 20.2 Å². The standard InChI is InChI=1S/C10H16I2N2O2/c11-8(10-12(13-10)14-10)9(15)16-6-7-4-2-1-3-5-7/h7-8,13-14H,1-6H2. The molecular weight excluding hydrogens is 434 g/mol. The predicted octanol–water partition coefficient (Wildman–Crippen LogP) is 2.11. The van der Waals surface area contributed by atoms with Gasteiger partial charge in [-0.1, -0.05) is 0 Å². The summed E-state index contributed by atoms with van der Waals surface area (Å²) in [5, 5.41) is 0. The second-order valence-corrected chi connectivity index (χ2v) is 10.3. The molecule has 0 aromatic carbocycles. The van der Waals surface area contributed by atoms with Crippen LogP contribution in [0.2, 0.25) is 0 Å². The van der Waals surface area contributed by atoms with E-state index in [1.165, 1.54) is 32.1 Å². The molecule has 0 aromatic rings. The molecule has 92 valence electrons. The molecule has 0 bridgehead atoms. The van der Waals surface area contributed by atoms with Gasteiger partial charge < -0.3 is 0 Å². The fourth-order valence-corrected chi connectivity index (χ4v) is 9.64. The summed E-state index contributed by atoms with van der Waals surface area (Å²) >= 11 is 1.22. The Labute approximate surface area is 117 Å². The van der Waals surface area contributed by atoms with Gasteiger partial charge in [0.1, 0.15) is 0 Å². The van der Waals surface area contributed by atoms with Gasteiger partial charge in [-0.25, -0.2) is 0 Å². The van der Waals surface area contributed by atoms with Crippen molar-refractivity contribution in [3.63, 3.8) is 0 Å². The van der Waals surface area contributed by atoms with Gasteiger partial charge in [0, 0.05) is 0 Å². The number of halogens is 2. The summed E-state index contributed by atoms with van der Waals surface area (Å²) in [6.07, 6.45) is 6.43. The van der Waals surface area contributed by atoms with Crippen molar-refractivity contribution in [2.75, 3.05) is 6.61 Å². The number of rotatable bonds is 4. The Morgan fingerprint density at radius 1 is 1.44 bits per heavy atom. The molecule has 2 N–H and O–H groups in total. The van der Waals surface area contributed by atoms with E-state index in [-0.39, 0.29) is 13.6 Å². The molecule has 4 nitrogen and oxygen atoms in total. The first kappa shape index (κ1) is 11.9. The number of nitrogens with one attached hydrogen (secondary N) is 2. The van der Waals surface area contributed by atoms with E-state index in [4.69, 9.17) is 4.74 Å². The Balaban J connectivity index is 1.42. The Hall–Kier alpha value is 0.850.